The molecule has 1 aromatic heterocycles. The highest BCUT2D eigenvalue weighted by molar-refractivity contribution is 14.1. The van der Waals surface area contributed by atoms with Crippen molar-refractivity contribution < 1.29 is 4.92 Å². The molecule has 1 N–H and O–H groups in total. The molecule has 0 radical (unpaired) electrons. The molecule has 128 valence electrons. The van der Waals surface area contributed by atoms with Crippen LogP contribution in [-0.2, 0) is 0 Å². The first-order valence-electron chi connectivity index (χ1n) is 7.40. The number of rotatable bonds is 5. The fourth-order valence-corrected chi connectivity index (χ4v) is 3.49. The van der Waals surface area contributed by atoms with Crippen LogP contribution in [0.4, 0.5) is 11.4 Å². The third-order valence-electron chi connectivity index (χ3n) is 3.47. The molecule has 2 aromatic carbocycles. The van der Waals surface area contributed by atoms with E-state index >= 15 is 0 Å². The second kappa shape index (κ2) is 8.07. The standard InChI is InChI=1S/C18H11IN4O2S/c19-15-3-1-2-4-16(15)21-10-13(9-20)18-22-17(11-26-18)12-5-7-14(8-6-12)23(24)25/h1-8,10-11,21H. The number of hydrogen-bond acceptors (Lipinski definition) is 6. The molecule has 0 unspecified atom stereocenters. The molecule has 0 fully saturated rings. The summed E-state index contributed by atoms with van der Waals surface area (Å²) in [6.07, 6.45) is 1.63. The third kappa shape index (κ3) is 4.07. The Morgan fingerprint density at radius 3 is 2.65 bits per heavy atom. The number of nitro benzene ring substituents is 1. The Hall–Kier alpha value is -2.77. The SMILES string of the molecule is N#CC(=CNc1ccccc1I)c1nc(-c2ccc([N+](=O)[O-])cc2)cs1. The predicted molar refractivity (Wildman–Crippen MR) is 111 cm³/mol. The van der Waals surface area contributed by atoms with Gasteiger partial charge in [-0.1, -0.05) is 12.1 Å². The highest BCUT2D eigenvalue weighted by Crippen LogP contribution is 2.27. The van der Waals surface area contributed by atoms with Gasteiger partial charge >= 0.3 is 0 Å². The lowest BCUT2D eigenvalue weighted by atomic mass is 10.1. The lowest BCUT2D eigenvalue weighted by molar-refractivity contribution is -0.384. The van der Waals surface area contributed by atoms with Gasteiger partial charge in [0.2, 0.25) is 0 Å². The van der Waals surface area contributed by atoms with Crippen molar-refractivity contribution in [2.75, 3.05) is 5.32 Å². The summed E-state index contributed by atoms with van der Waals surface area (Å²) in [5.74, 6) is 0. The van der Waals surface area contributed by atoms with E-state index in [1.54, 1.807) is 18.3 Å². The molecule has 3 rings (SSSR count). The van der Waals surface area contributed by atoms with Gasteiger partial charge in [-0.15, -0.1) is 11.3 Å². The van der Waals surface area contributed by atoms with Crippen molar-refractivity contribution in [3.8, 4) is 17.3 Å². The number of hydrogen-bond donors (Lipinski definition) is 1. The van der Waals surface area contributed by atoms with Gasteiger partial charge in [-0.25, -0.2) is 4.98 Å². The minimum atomic E-state index is -0.441. The van der Waals surface area contributed by atoms with Crippen molar-refractivity contribution >= 4 is 50.9 Å². The van der Waals surface area contributed by atoms with E-state index in [0.717, 1.165) is 14.8 Å². The molecule has 0 bridgehead atoms. The minimum absolute atomic E-state index is 0.0310. The summed E-state index contributed by atoms with van der Waals surface area (Å²) in [5, 5.41) is 25.7. The van der Waals surface area contributed by atoms with Crippen molar-refractivity contribution in [3.05, 3.63) is 78.8 Å². The first-order chi connectivity index (χ1) is 12.6. The fraction of sp³-hybridized carbons (Fsp3) is 0. The highest BCUT2D eigenvalue weighted by Gasteiger charge is 2.11. The number of anilines is 1. The number of halogens is 1. The van der Waals surface area contributed by atoms with Crippen LogP contribution in [0.2, 0.25) is 0 Å². The summed E-state index contributed by atoms with van der Waals surface area (Å²) in [4.78, 5) is 14.8. The predicted octanol–water partition coefficient (Wildman–Crippen LogP) is 5.30. The number of benzene rings is 2. The third-order valence-corrected chi connectivity index (χ3v) is 5.29. The average molecular weight is 474 g/mol. The van der Waals surface area contributed by atoms with Gasteiger partial charge in [0, 0.05) is 32.8 Å². The van der Waals surface area contributed by atoms with E-state index in [9.17, 15) is 15.4 Å². The molecule has 0 atom stereocenters. The second-order valence-electron chi connectivity index (χ2n) is 5.14. The first kappa shape index (κ1) is 18.0. The van der Waals surface area contributed by atoms with Gasteiger partial charge in [0.1, 0.15) is 16.6 Å². The summed E-state index contributed by atoms with van der Waals surface area (Å²) in [6, 6.07) is 16.1. The van der Waals surface area contributed by atoms with Crippen LogP contribution >= 0.6 is 33.9 Å². The summed E-state index contributed by atoms with van der Waals surface area (Å²) >= 11 is 3.57. The van der Waals surface area contributed by atoms with E-state index in [0.29, 0.717) is 16.3 Å². The molecule has 0 amide bonds. The highest BCUT2D eigenvalue weighted by atomic mass is 127. The van der Waals surface area contributed by atoms with E-state index in [1.165, 1.54) is 23.5 Å². The van der Waals surface area contributed by atoms with Crippen molar-refractivity contribution in [1.82, 2.24) is 4.98 Å². The molecule has 26 heavy (non-hydrogen) atoms. The van der Waals surface area contributed by atoms with Crippen LogP contribution in [0, 0.1) is 25.0 Å². The summed E-state index contributed by atoms with van der Waals surface area (Å²) in [6.45, 7) is 0. The lowest BCUT2D eigenvalue weighted by Crippen LogP contribution is -1.93. The number of non-ortho nitro benzene ring substituents is 1. The molecular weight excluding hydrogens is 463 g/mol. The van der Waals surface area contributed by atoms with Gasteiger partial charge < -0.3 is 5.32 Å². The van der Waals surface area contributed by atoms with Gasteiger partial charge in [-0.2, -0.15) is 5.26 Å². The maximum absolute atomic E-state index is 10.7. The summed E-state index contributed by atoms with van der Waals surface area (Å²) < 4.78 is 1.05. The van der Waals surface area contributed by atoms with Crippen LogP contribution in [0.3, 0.4) is 0 Å². The number of nitrogens with zero attached hydrogens (tertiary/aromatic N) is 3. The number of allylic oxidation sites excluding steroid dienone is 1. The van der Waals surface area contributed by atoms with Gasteiger partial charge in [0.15, 0.2) is 0 Å². The first-order valence-corrected chi connectivity index (χ1v) is 9.36. The monoisotopic (exact) mass is 474 g/mol. The molecule has 0 saturated carbocycles. The van der Waals surface area contributed by atoms with E-state index in [2.05, 4.69) is 39.0 Å². The zero-order valence-corrected chi connectivity index (χ0v) is 16.2. The molecule has 1 heterocycles. The average Bonchev–Trinajstić information content (AvgIpc) is 3.14. The Labute approximate surface area is 167 Å². The van der Waals surface area contributed by atoms with E-state index < -0.39 is 4.92 Å². The summed E-state index contributed by atoms with van der Waals surface area (Å²) in [5.41, 5.74) is 2.80. The largest absolute Gasteiger partial charge is 0.359 e. The Balaban J connectivity index is 1.83. The van der Waals surface area contributed by atoms with Crippen molar-refractivity contribution in [3.63, 3.8) is 0 Å². The minimum Gasteiger partial charge on any atom is -0.359 e. The maximum Gasteiger partial charge on any atom is 0.269 e. The van der Waals surface area contributed by atoms with Gasteiger partial charge in [-0.3, -0.25) is 10.1 Å². The van der Waals surface area contributed by atoms with Crippen LogP contribution < -0.4 is 5.32 Å². The van der Waals surface area contributed by atoms with Crippen LogP contribution in [0.1, 0.15) is 5.01 Å². The number of nitro groups is 1. The maximum atomic E-state index is 10.7. The topological polar surface area (TPSA) is 91.8 Å². The smallest absolute Gasteiger partial charge is 0.269 e. The molecule has 0 aliphatic heterocycles. The zero-order valence-electron chi connectivity index (χ0n) is 13.2. The van der Waals surface area contributed by atoms with Gasteiger partial charge in [-0.05, 0) is 46.9 Å². The van der Waals surface area contributed by atoms with Gasteiger partial charge in [0.05, 0.1) is 16.3 Å². The van der Waals surface area contributed by atoms with E-state index in [-0.39, 0.29) is 5.69 Å². The Morgan fingerprint density at radius 2 is 2.00 bits per heavy atom. The normalized spacial score (nSPS) is 11.0. The Bertz CT molecular complexity index is 1020. The molecule has 0 saturated heterocycles. The Kier molecular flexibility index (Phi) is 5.60. The van der Waals surface area contributed by atoms with E-state index in [4.69, 9.17) is 0 Å². The molecule has 8 heteroatoms. The van der Waals surface area contributed by atoms with Gasteiger partial charge in [0.25, 0.3) is 5.69 Å². The lowest BCUT2D eigenvalue weighted by Gasteiger charge is -2.03. The Morgan fingerprint density at radius 1 is 1.27 bits per heavy atom. The molecular formula is C18H11IN4O2S. The number of thiazole rings is 1. The molecule has 0 aliphatic rings. The zero-order chi connectivity index (χ0) is 18.5. The number of para-hydroxylation sites is 1. The van der Waals surface area contributed by atoms with Crippen molar-refractivity contribution in [2.24, 2.45) is 0 Å². The second-order valence-corrected chi connectivity index (χ2v) is 7.16. The van der Waals surface area contributed by atoms with Crippen LogP contribution in [0.15, 0.2) is 60.1 Å². The van der Waals surface area contributed by atoms with Crippen LogP contribution in [-0.4, -0.2) is 9.91 Å². The quantitative estimate of drug-likeness (QED) is 0.235. The van der Waals surface area contributed by atoms with Crippen LogP contribution in [0.25, 0.3) is 16.8 Å². The molecule has 6 nitrogen and oxygen atoms in total. The van der Waals surface area contributed by atoms with Crippen molar-refractivity contribution in [1.29, 1.82) is 5.26 Å². The molecule has 3 aromatic rings. The number of aromatic nitrogens is 1. The van der Waals surface area contributed by atoms with E-state index in [1.807, 2.05) is 29.6 Å². The fourth-order valence-electron chi connectivity index (χ4n) is 2.15. The number of nitrogens with one attached hydrogen (secondary N) is 1. The van der Waals surface area contributed by atoms with Crippen LogP contribution in [0.5, 0.6) is 0 Å². The molecule has 0 spiro atoms. The van der Waals surface area contributed by atoms with Crippen molar-refractivity contribution in [2.45, 2.75) is 0 Å². The molecule has 0 aliphatic carbocycles. The summed E-state index contributed by atoms with van der Waals surface area (Å²) in [7, 11) is 0. The number of nitriles is 1.